The van der Waals surface area contributed by atoms with E-state index in [-0.39, 0.29) is 5.91 Å². The van der Waals surface area contributed by atoms with Gasteiger partial charge in [0.2, 0.25) is 5.91 Å². The van der Waals surface area contributed by atoms with Crippen molar-refractivity contribution in [3.8, 4) is 22.3 Å². The summed E-state index contributed by atoms with van der Waals surface area (Å²) in [5.41, 5.74) is 12.0. The van der Waals surface area contributed by atoms with E-state index in [1.807, 2.05) is 12.1 Å². The summed E-state index contributed by atoms with van der Waals surface area (Å²) in [6.07, 6.45) is 2.52. The standard InChI is InChI=1S/C32H35NO/c1-18(2)21(5)30-28-17-20(4)29(28)31-26(23-9-7-19(3)8-10-23)15-16-27(32(30)31)24-11-13-25(14-12-24)33-22(6)34/h7-18,21,28-30H,1-6H3,(H,33,34). The molecule has 0 saturated heterocycles. The molecule has 1 amide bonds. The van der Waals surface area contributed by atoms with E-state index in [1.165, 1.54) is 44.5 Å². The van der Waals surface area contributed by atoms with Crippen LogP contribution in [0.2, 0.25) is 0 Å². The molecule has 0 aliphatic heterocycles. The highest BCUT2D eigenvalue weighted by Crippen LogP contribution is 2.63. The lowest BCUT2D eigenvalue weighted by molar-refractivity contribution is -0.114. The number of anilines is 1. The smallest absolute Gasteiger partial charge is 0.221 e. The van der Waals surface area contributed by atoms with Crippen LogP contribution in [0, 0.1) is 24.7 Å². The van der Waals surface area contributed by atoms with Crippen molar-refractivity contribution in [1.82, 2.24) is 0 Å². The molecular formula is C32H35NO. The second-order valence-electron chi connectivity index (χ2n) is 10.7. The van der Waals surface area contributed by atoms with Crippen molar-refractivity contribution in [2.75, 3.05) is 5.32 Å². The number of amides is 1. The Hall–Kier alpha value is -3.13. The van der Waals surface area contributed by atoms with Gasteiger partial charge in [-0.05, 0) is 83.0 Å². The van der Waals surface area contributed by atoms with Crippen LogP contribution in [0.5, 0.6) is 0 Å². The molecule has 0 saturated carbocycles. The lowest BCUT2D eigenvalue weighted by Crippen LogP contribution is -2.26. The molecule has 0 heterocycles. The molecule has 4 unspecified atom stereocenters. The molecule has 2 nitrogen and oxygen atoms in total. The van der Waals surface area contributed by atoms with Crippen LogP contribution in [-0.4, -0.2) is 5.91 Å². The van der Waals surface area contributed by atoms with Crippen LogP contribution in [0.4, 0.5) is 5.69 Å². The normalized spacial score (nSPS) is 21.4. The number of carbonyl (C=O) groups excluding carboxylic acids is 1. The van der Waals surface area contributed by atoms with Crippen molar-refractivity contribution in [1.29, 1.82) is 0 Å². The maximum Gasteiger partial charge on any atom is 0.221 e. The number of aryl methyl sites for hydroxylation is 1. The first-order valence-corrected chi connectivity index (χ1v) is 12.6. The fraction of sp³-hybridized carbons (Fsp3) is 0.344. The highest BCUT2D eigenvalue weighted by atomic mass is 16.1. The molecule has 0 spiro atoms. The van der Waals surface area contributed by atoms with Crippen LogP contribution in [-0.2, 0) is 4.79 Å². The maximum absolute atomic E-state index is 11.5. The van der Waals surface area contributed by atoms with E-state index in [0.717, 1.165) is 5.69 Å². The lowest BCUT2D eigenvalue weighted by Gasteiger charge is -2.36. The Bertz CT molecular complexity index is 1260. The SMILES string of the molecule is CC(=O)Nc1ccc(-c2ccc(-c3ccc(C)cc3)c3c2C(C(C)C(C)C)C2C=C(C)C32)cc1. The molecule has 3 aromatic rings. The minimum absolute atomic E-state index is 0.0416. The molecule has 5 rings (SSSR count). The number of rotatable bonds is 5. The van der Waals surface area contributed by atoms with Gasteiger partial charge >= 0.3 is 0 Å². The van der Waals surface area contributed by atoms with Gasteiger partial charge in [-0.2, -0.15) is 0 Å². The Morgan fingerprint density at radius 3 is 1.88 bits per heavy atom. The zero-order chi connectivity index (χ0) is 24.1. The van der Waals surface area contributed by atoms with Gasteiger partial charge in [-0.25, -0.2) is 0 Å². The third-order valence-electron chi connectivity index (χ3n) is 8.17. The van der Waals surface area contributed by atoms with E-state index in [1.54, 1.807) is 6.92 Å². The number of benzene rings is 3. The third-order valence-corrected chi connectivity index (χ3v) is 8.17. The summed E-state index contributed by atoms with van der Waals surface area (Å²) >= 11 is 0. The number of allylic oxidation sites excluding steroid dienone is 2. The zero-order valence-electron chi connectivity index (χ0n) is 21.1. The Morgan fingerprint density at radius 1 is 0.794 bits per heavy atom. The van der Waals surface area contributed by atoms with E-state index in [9.17, 15) is 4.79 Å². The second kappa shape index (κ2) is 8.58. The first-order chi connectivity index (χ1) is 16.3. The van der Waals surface area contributed by atoms with Crippen molar-refractivity contribution in [2.45, 2.75) is 53.4 Å². The van der Waals surface area contributed by atoms with Gasteiger partial charge in [-0.3, -0.25) is 4.79 Å². The van der Waals surface area contributed by atoms with E-state index in [0.29, 0.717) is 29.6 Å². The predicted octanol–water partition coefficient (Wildman–Crippen LogP) is 8.34. The van der Waals surface area contributed by atoms with Crippen LogP contribution in [0.3, 0.4) is 0 Å². The van der Waals surface area contributed by atoms with Gasteiger partial charge < -0.3 is 5.32 Å². The van der Waals surface area contributed by atoms with Gasteiger partial charge in [0.25, 0.3) is 0 Å². The monoisotopic (exact) mass is 449 g/mol. The quantitative estimate of drug-likeness (QED) is 0.390. The lowest BCUT2D eigenvalue weighted by atomic mass is 9.67. The molecule has 3 aromatic carbocycles. The second-order valence-corrected chi connectivity index (χ2v) is 10.7. The van der Waals surface area contributed by atoms with Crippen LogP contribution < -0.4 is 5.32 Å². The maximum atomic E-state index is 11.5. The molecule has 4 atom stereocenters. The van der Waals surface area contributed by atoms with Gasteiger partial charge in [0, 0.05) is 18.5 Å². The van der Waals surface area contributed by atoms with E-state index in [4.69, 9.17) is 0 Å². The number of carbonyl (C=O) groups is 1. The van der Waals surface area contributed by atoms with Crippen molar-refractivity contribution < 1.29 is 4.79 Å². The van der Waals surface area contributed by atoms with Gasteiger partial charge in [-0.15, -0.1) is 0 Å². The molecule has 2 aliphatic carbocycles. The Kier molecular flexibility index (Phi) is 5.72. The number of hydrogen-bond donors (Lipinski definition) is 1. The molecule has 34 heavy (non-hydrogen) atoms. The molecule has 174 valence electrons. The summed E-state index contributed by atoms with van der Waals surface area (Å²) in [4.78, 5) is 11.5. The summed E-state index contributed by atoms with van der Waals surface area (Å²) in [6.45, 7) is 13.2. The van der Waals surface area contributed by atoms with E-state index in [2.05, 4.69) is 94.5 Å². The number of fused-ring (bicyclic) bond motifs is 3. The molecular weight excluding hydrogens is 414 g/mol. The van der Waals surface area contributed by atoms with Crippen LogP contribution in [0.15, 0.2) is 72.3 Å². The van der Waals surface area contributed by atoms with Crippen LogP contribution >= 0.6 is 0 Å². The fourth-order valence-corrected chi connectivity index (χ4v) is 6.14. The highest BCUT2D eigenvalue weighted by Gasteiger charge is 2.49. The highest BCUT2D eigenvalue weighted by molar-refractivity contribution is 5.89. The first-order valence-electron chi connectivity index (χ1n) is 12.6. The molecule has 0 fully saturated rings. The first kappa shape index (κ1) is 22.7. The summed E-state index contributed by atoms with van der Waals surface area (Å²) in [6, 6.07) is 22.0. The Balaban J connectivity index is 1.71. The summed E-state index contributed by atoms with van der Waals surface area (Å²) in [5, 5.41) is 2.90. The average Bonchev–Trinajstić information content (AvgIpc) is 3.07. The summed E-state index contributed by atoms with van der Waals surface area (Å²) < 4.78 is 0. The Morgan fingerprint density at radius 2 is 1.35 bits per heavy atom. The molecule has 0 aromatic heterocycles. The van der Waals surface area contributed by atoms with Crippen molar-refractivity contribution >= 4 is 11.6 Å². The van der Waals surface area contributed by atoms with Crippen LogP contribution in [0.25, 0.3) is 22.3 Å². The van der Waals surface area contributed by atoms with Crippen molar-refractivity contribution in [3.63, 3.8) is 0 Å². The molecule has 2 heteroatoms. The van der Waals surface area contributed by atoms with E-state index >= 15 is 0 Å². The van der Waals surface area contributed by atoms with Gasteiger partial charge in [0.15, 0.2) is 0 Å². The van der Waals surface area contributed by atoms with Gasteiger partial charge in [0.1, 0.15) is 0 Å². The van der Waals surface area contributed by atoms with E-state index < -0.39 is 0 Å². The topological polar surface area (TPSA) is 29.1 Å². The van der Waals surface area contributed by atoms with Crippen molar-refractivity contribution in [2.24, 2.45) is 17.8 Å². The molecule has 0 radical (unpaired) electrons. The zero-order valence-corrected chi connectivity index (χ0v) is 21.1. The average molecular weight is 450 g/mol. The number of hydrogen-bond acceptors (Lipinski definition) is 1. The minimum atomic E-state index is -0.0416. The minimum Gasteiger partial charge on any atom is -0.326 e. The Labute approximate surface area is 204 Å². The van der Waals surface area contributed by atoms with Crippen LogP contribution in [0.1, 0.15) is 63.1 Å². The van der Waals surface area contributed by atoms with Gasteiger partial charge in [-0.1, -0.05) is 86.5 Å². The molecule has 1 N–H and O–H groups in total. The molecule has 0 bridgehead atoms. The number of nitrogens with one attached hydrogen (secondary N) is 1. The molecule has 2 aliphatic rings. The van der Waals surface area contributed by atoms with Gasteiger partial charge in [0.05, 0.1) is 0 Å². The van der Waals surface area contributed by atoms with Crippen molar-refractivity contribution in [3.05, 3.63) is 89.0 Å². The summed E-state index contributed by atoms with van der Waals surface area (Å²) in [7, 11) is 0. The summed E-state index contributed by atoms with van der Waals surface area (Å²) in [5.74, 6) is 2.76. The largest absolute Gasteiger partial charge is 0.326 e. The third kappa shape index (κ3) is 3.70. The fourth-order valence-electron chi connectivity index (χ4n) is 6.14. The predicted molar refractivity (Wildman–Crippen MR) is 143 cm³/mol.